The second-order valence-electron chi connectivity index (χ2n) is 7.96. The summed E-state index contributed by atoms with van der Waals surface area (Å²) in [7, 11) is 2.85. The monoisotopic (exact) mass is 529 g/mol. The van der Waals surface area contributed by atoms with Crippen molar-refractivity contribution in [2.24, 2.45) is 0 Å². The molecule has 0 saturated carbocycles. The van der Waals surface area contributed by atoms with Crippen LogP contribution < -0.4 is 19.1 Å². The number of carbonyl (C=O) groups is 2. The summed E-state index contributed by atoms with van der Waals surface area (Å²) in [5.41, 5.74) is 0.169. The molecular weight excluding hydrogens is 508 g/mol. The minimum atomic E-state index is -1.21. The average Bonchev–Trinajstić information content (AvgIpc) is 3.16. The third-order valence-corrected chi connectivity index (χ3v) is 6.17. The van der Waals surface area contributed by atoms with E-state index in [0.717, 1.165) is 17.0 Å². The Hall–Kier alpha value is -4.11. The molecular formula is C27H22ClF2NO6. The van der Waals surface area contributed by atoms with Crippen molar-refractivity contribution in [3.8, 4) is 17.2 Å². The molecule has 0 aromatic heterocycles. The number of aliphatic hydroxyl groups is 1. The summed E-state index contributed by atoms with van der Waals surface area (Å²) in [6.07, 6.45) is 0. The highest BCUT2D eigenvalue weighted by molar-refractivity contribution is 6.51. The number of ether oxygens (including phenoxy) is 3. The van der Waals surface area contributed by atoms with E-state index in [1.165, 1.54) is 38.5 Å². The number of aliphatic hydroxyl groups excluding tert-OH is 1. The Morgan fingerprint density at radius 3 is 2.32 bits per heavy atom. The summed E-state index contributed by atoms with van der Waals surface area (Å²) in [5.74, 6) is -3.91. The number of benzene rings is 3. The van der Waals surface area contributed by atoms with Gasteiger partial charge in [0, 0.05) is 17.3 Å². The Balaban J connectivity index is 1.98. The molecule has 1 aliphatic heterocycles. The molecule has 0 bridgehead atoms. The van der Waals surface area contributed by atoms with Crippen molar-refractivity contribution in [1.82, 2.24) is 0 Å². The molecule has 7 nitrogen and oxygen atoms in total. The number of carbonyl (C=O) groups excluding carboxylic acids is 2. The lowest BCUT2D eigenvalue weighted by atomic mass is 9.94. The summed E-state index contributed by atoms with van der Waals surface area (Å²) < 4.78 is 44.0. The van der Waals surface area contributed by atoms with Crippen molar-refractivity contribution >= 4 is 34.7 Å². The number of rotatable bonds is 7. The number of anilines is 1. The Kier molecular flexibility index (Phi) is 7.35. The Bertz CT molecular complexity index is 1420. The molecule has 0 aliphatic carbocycles. The van der Waals surface area contributed by atoms with E-state index < -0.39 is 35.1 Å². The molecule has 0 radical (unpaired) electrons. The van der Waals surface area contributed by atoms with Crippen LogP contribution in [0.15, 0.2) is 60.2 Å². The molecule has 192 valence electrons. The van der Waals surface area contributed by atoms with Crippen LogP contribution in [0.3, 0.4) is 0 Å². The lowest BCUT2D eigenvalue weighted by Crippen LogP contribution is -2.29. The SMILES string of the molecule is CCOc1cc(C2/C(=C(\O)c3ccc(Cl)c(OC)c3)C(=O)C(=O)N2c2ccc(F)c(F)c2)ccc1OC. The molecule has 3 aromatic carbocycles. The summed E-state index contributed by atoms with van der Waals surface area (Å²) in [4.78, 5) is 27.6. The number of halogens is 3. The zero-order chi connectivity index (χ0) is 26.9. The first-order valence-corrected chi connectivity index (χ1v) is 11.5. The third-order valence-electron chi connectivity index (χ3n) is 5.85. The number of hydrogen-bond acceptors (Lipinski definition) is 6. The topological polar surface area (TPSA) is 85.3 Å². The first kappa shape index (κ1) is 26.0. The summed E-state index contributed by atoms with van der Waals surface area (Å²) in [5, 5.41) is 11.6. The number of nitrogens with zero attached hydrogens (tertiary/aromatic N) is 1. The van der Waals surface area contributed by atoms with Crippen LogP contribution in [-0.4, -0.2) is 37.6 Å². The van der Waals surface area contributed by atoms with Crippen LogP contribution in [0.1, 0.15) is 24.1 Å². The molecule has 37 heavy (non-hydrogen) atoms. The molecule has 1 aliphatic rings. The van der Waals surface area contributed by atoms with Crippen molar-refractivity contribution in [2.45, 2.75) is 13.0 Å². The van der Waals surface area contributed by atoms with E-state index in [1.807, 2.05) is 0 Å². The van der Waals surface area contributed by atoms with E-state index in [9.17, 15) is 23.5 Å². The number of Topliss-reactive ketones (excluding diaryl/α,β-unsaturated/α-hetero) is 1. The van der Waals surface area contributed by atoms with Crippen LogP contribution in [-0.2, 0) is 9.59 Å². The maximum atomic E-state index is 14.2. The minimum absolute atomic E-state index is 0.0764. The smallest absolute Gasteiger partial charge is 0.300 e. The second-order valence-corrected chi connectivity index (χ2v) is 8.37. The van der Waals surface area contributed by atoms with Gasteiger partial charge in [-0.3, -0.25) is 14.5 Å². The first-order valence-electron chi connectivity index (χ1n) is 11.1. The Labute approximate surface area is 216 Å². The molecule has 1 fully saturated rings. The molecule has 1 saturated heterocycles. The van der Waals surface area contributed by atoms with E-state index in [4.69, 9.17) is 25.8 Å². The molecule has 1 unspecified atom stereocenters. The van der Waals surface area contributed by atoms with Crippen LogP contribution in [0, 0.1) is 11.6 Å². The van der Waals surface area contributed by atoms with Gasteiger partial charge in [-0.2, -0.15) is 0 Å². The van der Waals surface area contributed by atoms with Crippen LogP contribution >= 0.6 is 11.6 Å². The summed E-state index contributed by atoms with van der Waals surface area (Å²) in [6.45, 7) is 2.07. The number of hydrogen-bond donors (Lipinski definition) is 1. The summed E-state index contributed by atoms with van der Waals surface area (Å²) in [6, 6.07) is 10.7. The minimum Gasteiger partial charge on any atom is -0.507 e. The lowest BCUT2D eigenvalue weighted by Gasteiger charge is -2.26. The molecule has 1 N–H and O–H groups in total. The fourth-order valence-electron chi connectivity index (χ4n) is 4.14. The van der Waals surface area contributed by atoms with E-state index in [2.05, 4.69) is 0 Å². The van der Waals surface area contributed by atoms with Gasteiger partial charge < -0.3 is 19.3 Å². The predicted octanol–water partition coefficient (Wildman–Crippen LogP) is 5.66. The molecule has 3 aromatic rings. The zero-order valence-corrected chi connectivity index (χ0v) is 20.8. The summed E-state index contributed by atoms with van der Waals surface area (Å²) >= 11 is 6.10. The van der Waals surface area contributed by atoms with Crippen LogP contribution in [0.4, 0.5) is 14.5 Å². The van der Waals surface area contributed by atoms with Gasteiger partial charge in [0.25, 0.3) is 11.7 Å². The zero-order valence-electron chi connectivity index (χ0n) is 20.1. The molecule has 10 heteroatoms. The van der Waals surface area contributed by atoms with Gasteiger partial charge in [-0.15, -0.1) is 0 Å². The van der Waals surface area contributed by atoms with Gasteiger partial charge >= 0.3 is 0 Å². The maximum absolute atomic E-state index is 14.2. The van der Waals surface area contributed by atoms with Crippen molar-refractivity contribution < 1.29 is 37.7 Å². The van der Waals surface area contributed by atoms with Gasteiger partial charge in [-0.05, 0) is 55.0 Å². The van der Waals surface area contributed by atoms with Crippen molar-refractivity contribution in [3.63, 3.8) is 0 Å². The standard InChI is InChI=1S/C27H22ClF2NO6/c1-4-37-22-11-14(6-10-20(22)35-2)24-23(25(32)15-5-8-17(28)21(12-15)36-3)26(33)27(34)31(24)16-7-9-18(29)19(30)13-16/h5-13,24,32H,4H2,1-3H3/b25-23+. The molecule has 4 rings (SSSR count). The van der Waals surface area contributed by atoms with Gasteiger partial charge in [-0.1, -0.05) is 17.7 Å². The van der Waals surface area contributed by atoms with Gasteiger partial charge in [0.05, 0.1) is 37.5 Å². The third kappa shape index (κ3) is 4.70. The van der Waals surface area contributed by atoms with E-state index in [1.54, 1.807) is 25.1 Å². The molecule has 1 amide bonds. The fourth-order valence-corrected chi connectivity index (χ4v) is 4.34. The van der Waals surface area contributed by atoms with E-state index in [0.29, 0.717) is 23.7 Å². The van der Waals surface area contributed by atoms with Crippen molar-refractivity contribution in [2.75, 3.05) is 25.7 Å². The fraction of sp³-hybridized carbons (Fsp3) is 0.185. The van der Waals surface area contributed by atoms with E-state index >= 15 is 0 Å². The lowest BCUT2D eigenvalue weighted by molar-refractivity contribution is -0.132. The van der Waals surface area contributed by atoms with Gasteiger partial charge in [0.15, 0.2) is 23.1 Å². The van der Waals surface area contributed by atoms with Crippen LogP contribution in [0.25, 0.3) is 5.76 Å². The van der Waals surface area contributed by atoms with Gasteiger partial charge in [0.1, 0.15) is 11.5 Å². The predicted molar refractivity (Wildman–Crippen MR) is 133 cm³/mol. The van der Waals surface area contributed by atoms with E-state index in [-0.39, 0.29) is 27.6 Å². The van der Waals surface area contributed by atoms with Gasteiger partial charge in [-0.25, -0.2) is 8.78 Å². The molecule has 1 atom stereocenters. The molecule has 0 spiro atoms. The normalized spacial score (nSPS) is 16.7. The Morgan fingerprint density at radius 1 is 0.946 bits per heavy atom. The van der Waals surface area contributed by atoms with Gasteiger partial charge in [0.2, 0.25) is 0 Å². The second kappa shape index (κ2) is 10.5. The highest BCUT2D eigenvalue weighted by atomic mass is 35.5. The Morgan fingerprint density at radius 2 is 1.68 bits per heavy atom. The highest BCUT2D eigenvalue weighted by Gasteiger charge is 2.47. The number of ketones is 1. The highest BCUT2D eigenvalue weighted by Crippen LogP contribution is 2.44. The maximum Gasteiger partial charge on any atom is 0.300 e. The van der Waals surface area contributed by atoms with Crippen molar-refractivity contribution in [3.05, 3.63) is 88.0 Å². The quantitative estimate of drug-likeness (QED) is 0.241. The largest absolute Gasteiger partial charge is 0.507 e. The van der Waals surface area contributed by atoms with Crippen molar-refractivity contribution in [1.29, 1.82) is 0 Å². The van der Waals surface area contributed by atoms with Crippen LogP contribution in [0.2, 0.25) is 5.02 Å². The van der Waals surface area contributed by atoms with Crippen LogP contribution in [0.5, 0.6) is 17.2 Å². The number of amides is 1. The number of methoxy groups -OCH3 is 2. The first-order chi connectivity index (χ1) is 17.7. The molecule has 1 heterocycles. The average molecular weight is 530 g/mol.